The highest BCUT2D eigenvalue weighted by atomic mass is 35.5. The third-order valence-corrected chi connectivity index (χ3v) is 2.99. The minimum atomic E-state index is 0.187. The van der Waals surface area contributed by atoms with Gasteiger partial charge < -0.3 is 0 Å². The Morgan fingerprint density at radius 1 is 1.22 bits per heavy atom. The fourth-order valence-electron chi connectivity index (χ4n) is 1.67. The molecule has 0 bridgehead atoms. The van der Waals surface area contributed by atoms with Crippen LogP contribution in [-0.4, -0.2) is 16.1 Å². The number of rotatable bonds is 3. The first-order chi connectivity index (χ1) is 8.51. The molecular weight excluding hydrogens is 271 g/mol. The first-order valence-electron chi connectivity index (χ1n) is 5.52. The largest absolute Gasteiger partial charge is 0.298 e. The van der Waals surface area contributed by atoms with Gasteiger partial charge in [-0.1, -0.05) is 23.2 Å². The van der Waals surface area contributed by atoms with Gasteiger partial charge in [0.1, 0.15) is 5.69 Å². The Bertz CT molecular complexity index is 570. The van der Waals surface area contributed by atoms with Crippen molar-refractivity contribution in [2.75, 3.05) is 0 Å². The molecule has 1 aromatic heterocycles. The zero-order valence-electron chi connectivity index (χ0n) is 10.0. The standard InChI is InChI=1S/C13H12Cl2N2O/c1-8(2)17-6-10(7-18)13(16-17)9-3-11(14)5-12(15)4-9/h3-8H,1-2H3. The van der Waals surface area contributed by atoms with Crippen LogP contribution < -0.4 is 0 Å². The van der Waals surface area contributed by atoms with Gasteiger partial charge in [-0.3, -0.25) is 9.48 Å². The maximum absolute atomic E-state index is 11.1. The molecular formula is C13H12Cl2N2O. The molecule has 3 nitrogen and oxygen atoms in total. The van der Waals surface area contributed by atoms with Gasteiger partial charge in [0.2, 0.25) is 0 Å². The number of carbonyl (C=O) groups excluding carboxylic acids is 1. The molecule has 0 unspecified atom stereocenters. The number of hydrogen-bond acceptors (Lipinski definition) is 2. The van der Waals surface area contributed by atoms with E-state index in [1.807, 2.05) is 13.8 Å². The maximum atomic E-state index is 11.1. The number of nitrogens with zero attached hydrogens (tertiary/aromatic N) is 2. The average Bonchev–Trinajstić information content (AvgIpc) is 2.71. The highest BCUT2D eigenvalue weighted by molar-refractivity contribution is 6.35. The van der Waals surface area contributed by atoms with Crippen molar-refractivity contribution < 1.29 is 4.79 Å². The third kappa shape index (κ3) is 2.57. The average molecular weight is 283 g/mol. The van der Waals surface area contributed by atoms with Gasteiger partial charge in [0.25, 0.3) is 0 Å². The molecule has 0 radical (unpaired) electrons. The third-order valence-electron chi connectivity index (χ3n) is 2.55. The van der Waals surface area contributed by atoms with E-state index in [1.165, 1.54) is 0 Å². The van der Waals surface area contributed by atoms with Gasteiger partial charge in [-0.15, -0.1) is 0 Å². The minimum Gasteiger partial charge on any atom is -0.298 e. The predicted molar refractivity (Wildman–Crippen MR) is 73.5 cm³/mol. The highest BCUT2D eigenvalue weighted by Crippen LogP contribution is 2.28. The molecule has 0 aliphatic rings. The van der Waals surface area contributed by atoms with Crippen molar-refractivity contribution in [1.29, 1.82) is 0 Å². The van der Waals surface area contributed by atoms with Crippen LogP contribution >= 0.6 is 23.2 Å². The zero-order chi connectivity index (χ0) is 13.3. The van der Waals surface area contributed by atoms with Crippen molar-refractivity contribution in [2.45, 2.75) is 19.9 Å². The first-order valence-corrected chi connectivity index (χ1v) is 6.27. The number of benzene rings is 1. The summed E-state index contributed by atoms with van der Waals surface area (Å²) < 4.78 is 1.74. The summed E-state index contributed by atoms with van der Waals surface area (Å²) in [6.45, 7) is 3.99. The smallest absolute Gasteiger partial charge is 0.153 e. The maximum Gasteiger partial charge on any atom is 0.153 e. The van der Waals surface area contributed by atoms with Crippen LogP contribution in [0, 0.1) is 0 Å². The summed E-state index contributed by atoms with van der Waals surface area (Å²) in [5.41, 5.74) is 1.87. The Labute approximate surface area is 115 Å². The van der Waals surface area contributed by atoms with Crippen molar-refractivity contribution in [1.82, 2.24) is 9.78 Å². The molecule has 2 aromatic rings. The van der Waals surface area contributed by atoms with E-state index in [0.717, 1.165) is 11.8 Å². The number of aldehydes is 1. The van der Waals surface area contributed by atoms with Gasteiger partial charge in [-0.2, -0.15) is 5.10 Å². The van der Waals surface area contributed by atoms with Gasteiger partial charge in [-0.05, 0) is 32.0 Å². The monoisotopic (exact) mass is 282 g/mol. The van der Waals surface area contributed by atoms with Gasteiger partial charge in [-0.25, -0.2) is 0 Å². The molecule has 94 valence electrons. The summed E-state index contributed by atoms with van der Waals surface area (Å²) in [5.74, 6) is 0. The quantitative estimate of drug-likeness (QED) is 0.789. The van der Waals surface area contributed by atoms with E-state index in [2.05, 4.69) is 5.10 Å². The summed E-state index contributed by atoms with van der Waals surface area (Å²) in [6, 6.07) is 5.32. The fourth-order valence-corrected chi connectivity index (χ4v) is 2.20. The summed E-state index contributed by atoms with van der Waals surface area (Å²) in [5, 5.41) is 5.44. The lowest BCUT2D eigenvalue weighted by molar-refractivity contribution is 0.112. The van der Waals surface area contributed by atoms with E-state index in [9.17, 15) is 4.79 Å². The molecule has 0 aliphatic carbocycles. The molecule has 5 heteroatoms. The van der Waals surface area contributed by atoms with Gasteiger partial charge in [0.15, 0.2) is 6.29 Å². The van der Waals surface area contributed by atoms with E-state index >= 15 is 0 Å². The molecule has 0 atom stereocenters. The molecule has 0 saturated carbocycles. The number of hydrogen-bond donors (Lipinski definition) is 0. The molecule has 0 aliphatic heterocycles. The van der Waals surface area contributed by atoms with Crippen molar-refractivity contribution in [3.05, 3.63) is 40.0 Å². The second-order valence-corrected chi connectivity index (χ2v) is 5.16. The van der Waals surface area contributed by atoms with E-state index in [1.54, 1.807) is 29.1 Å². The van der Waals surface area contributed by atoms with Gasteiger partial charge in [0.05, 0.1) is 5.56 Å². The summed E-state index contributed by atoms with van der Waals surface area (Å²) in [4.78, 5) is 11.1. The van der Waals surface area contributed by atoms with Crippen LogP contribution in [0.3, 0.4) is 0 Å². The number of carbonyl (C=O) groups is 1. The molecule has 1 heterocycles. The van der Waals surface area contributed by atoms with Crippen LogP contribution in [0.4, 0.5) is 0 Å². The second-order valence-electron chi connectivity index (χ2n) is 4.28. The molecule has 2 rings (SSSR count). The molecule has 0 fully saturated rings. The fraction of sp³-hybridized carbons (Fsp3) is 0.231. The van der Waals surface area contributed by atoms with Crippen molar-refractivity contribution in [3.8, 4) is 11.3 Å². The number of aromatic nitrogens is 2. The Balaban J connectivity index is 2.58. The van der Waals surface area contributed by atoms with Crippen LogP contribution in [0.1, 0.15) is 30.2 Å². The summed E-state index contributed by atoms with van der Waals surface area (Å²) in [7, 11) is 0. The lowest BCUT2D eigenvalue weighted by atomic mass is 10.1. The zero-order valence-corrected chi connectivity index (χ0v) is 11.5. The van der Waals surface area contributed by atoms with Crippen molar-refractivity contribution >= 4 is 29.5 Å². The van der Waals surface area contributed by atoms with Crippen LogP contribution in [0.15, 0.2) is 24.4 Å². The molecule has 0 N–H and O–H groups in total. The molecule has 0 amide bonds. The second kappa shape index (κ2) is 5.12. The van der Waals surface area contributed by atoms with Crippen LogP contribution in [0.25, 0.3) is 11.3 Å². The SMILES string of the molecule is CC(C)n1cc(C=O)c(-c2cc(Cl)cc(Cl)c2)n1. The minimum absolute atomic E-state index is 0.187. The number of halogens is 2. The Morgan fingerprint density at radius 3 is 2.33 bits per heavy atom. The summed E-state index contributed by atoms with van der Waals surface area (Å²) in [6.07, 6.45) is 2.51. The molecule has 0 spiro atoms. The predicted octanol–water partition coefficient (Wildman–Crippen LogP) is 4.25. The molecule has 18 heavy (non-hydrogen) atoms. The van der Waals surface area contributed by atoms with Crippen molar-refractivity contribution in [3.63, 3.8) is 0 Å². The van der Waals surface area contributed by atoms with Gasteiger partial charge >= 0.3 is 0 Å². The first kappa shape index (κ1) is 13.1. The van der Waals surface area contributed by atoms with Crippen LogP contribution in [0.5, 0.6) is 0 Å². The lowest BCUT2D eigenvalue weighted by Gasteiger charge is -2.04. The molecule has 0 saturated heterocycles. The van der Waals surface area contributed by atoms with Gasteiger partial charge in [0, 0.05) is 27.8 Å². The van der Waals surface area contributed by atoms with E-state index in [4.69, 9.17) is 23.2 Å². The normalized spacial score (nSPS) is 10.9. The Kier molecular flexibility index (Phi) is 3.73. The highest BCUT2D eigenvalue weighted by Gasteiger charge is 2.13. The van der Waals surface area contributed by atoms with E-state index in [-0.39, 0.29) is 6.04 Å². The van der Waals surface area contributed by atoms with E-state index < -0.39 is 0 Å². The molecule has 1 aromatic carbocycles. The topological polar surface area (TPSA) is 34.9 Å². The Hall–Kier alpha value is -1.32. The Morgan fingerprint density at radius 2 is 1.83 bits per heavy atom. The van der Waals surface area contributed by atoms with Crippen molar-refractivity contribution in [2.24, 2.45) is 0 Å². The summed E-state index contributed by atoms with van der Waals surface area (Å²) >= 11 is 11.9. The van der Waals surface area contributed by atoms with E-state index in [0.29, 0.717) is 21.3 Å². The van der Waals surface area contributed by atoms with Crippen LogP contribution in [-0.2, 0) is 0 Å². The van der Waals surface area contributed by atoms with Crippen LogP contribution in [0.2, 0.25) is 10.0 Å². The lowest BCUT2D eigenvalue weighted by Crippen LogP contribution is -2.00.